The highest BCUT2D eigenvalue weighted by atomic mass is 16.4. The van der Waals surface area contributed by atoms with Crippen molar-refractivity contribution < 1.29 is 4.42 Å². The molecule has 0 amide bonds. The molecule has 2 aromatic heterocycles. The highest BCUT2D eigenvalue weighted by molar-refractivity contribution is 5.85. The van der Waals surface area contributed by atoms with Crippen molar-refractivity contribution in [1.29, 1.82) is 0 Å². The number of fused-ring (bicyclic) bond motifs is 1. The van der Waals surface area contributed by atoms with Crippen molar-refractivity contribution in [2.24, 2.45) is 0 Å². The molecule has 3 rings (SSSR count). The Hall–Kier alpha value is -2.03. The van der Waals surface area contributed by atoms with E-state index in [0.717, 1.165) is 11.8 Å². The number of hydrogen-bond acceptors (Lipinski definition) is 2. The minimum Gasteiger partial charge on any atom is -0.424 e. The summed E-state index contributed by atoms with van der Waals surface area (Å²) in [4.78, 5) is 4.45. The zero-order chi connectivity index (χ0) is 17.8. The fourth-order valence-corrected chi connectivity index (χ4v) is 3.62. The molecule has 0 bridgehead atoms. The van der Waals surface area contributed by atoms with Gasteiger partial charge in [0.1, 0.15) is 0 Å². The molecule has 3 nitrogen and oxygen atoms in total. The van der Waals surface area contributed by atoms with Crippen LogP contribution in [0.2, 0.25) is 0 Å². The van der Waals surface area contributed by atoms with Crippen molar-refractivity contribution in [3.8, 4) is 5.88 Å². The predicted molar refractivity (Wildman–Crippen MR) is 105 cm³/mol. The Morgan fingerprint density at radius 1 is 1.08 bits per heavy atom. The van der Waals surface area contributed by atoms with Crippen molar-refractivity contribution in [2.75, 3.05) is 0 Å². The van der Waals surface area contributed by atoms with Crippen molar-refractivity contribution in [3.05, 3.63) is 48.1 Å². The highest BCUT2D eigenvalue weighted by Gasteiger charge is 2.19. The first-order chi connectivity index (χ1) is 12.2. The second-order valence-corrected chi connectivity index (χ2v) is 7.29. The fraction of sp³-hybridized carbons (Fsp3) is 0.500. The van der Waals surface area contributed by atoms with Gasteiger partial charge in [0.2, 0.25) is 5.88 Å². The third kappa shape index (κ3) is 3.65. The minimum absolute atomic E-state index is 0.299. The van der Waals surface area contributed by atoms with E-state index >= 15 is 0 Å². The number of hydrogen-bond donors (Lipinski definition) is 0. The summed E-state index contributed by atoms with van der Waals surface area (Å²) in [5, 5.41) is 1.35. The van der Waals surface area contributed by atoms with Gasteiger partial charge in [-0.25, -0.2) is 4.98 Å². The molecule has 1 atom stereocenters. The van der Waals surface area contributed by atoms with Crippen LogP contribution < -0.4 is 0 Å². The van der Waals surface area contributed by atoms with Crippen LogP contribution >= 0.6 is 0 Å². The molecule has 1 aromatic carbocycles. The number of unbranched alkanes of at least 4 members (excludes halogenated alkanes) is 1. The lowest BCUT2D eigenvalue weighted by atomic mass is 9.89. The van der Waals surface area contributed by atoms with Crippen LogP contribution in [0.3, 0.4) is 0 Å². The molecule has 0 spiro atoms. The molecule has 0 N–H and O–H groups in total. The van der Waals surface area contributed by atoms with E-state index in [1.54, 1.807) is 0 Å². The summed E-state index contributed by atoms with van der Waals surface area (Å²) in [5.41, 5.74) is 2.66. The Morgan fingerprint density at radius 3 is 2.56 bits per heavy atom. The van der Waals surface area contributed by atoms with Crippen LogP contribution in [0.25, 0.3) is 16.8 Å². The number of para-hydroxylation sites is 1. The third-order valence-corrected chi connectivity index (χ3v) is 4.97. The van der Waals surface area contributed by atoms with Gasteiger partial charge in [0.25, 0.3) is 0 Å². The lowest BCUT2D eigenvalue weighted by molar-refractivity contribution is 0.458. The predicted octanol–water partition coefficient (Wildman–Crippen LogP) is 6.82. The number of aromatic nitrogens is 2. The molecule has 1 unspecified atom stereocenters. The molecule has 0 fully saturated rings. The van der Waals surface area contributed by atoms with Gasteiger partial charge in [-0.05, 0) is 30.4 Å². The topological polar surface area (TPSA) is 31.0 Å². The van der Waals surface area contributed by atoms with E-state index in [-0.39, 0.29) is 0 Å². The summed E-state index contributed by atoms with van der Waals surface area (Å²) in [7, 11) is 0. The molecule has 3 heteroatoms. The molecule has 2 heterocycles. The first-order valence-corrected chi connectivity index (χ1v) is 9.71. The van der Waals surface area contributed by atoms with Crippen LogP contribution in [-0.2, 0) is 0 Å². The Morgan fingerprint density at radius 2 is 1.88 bits per heavy atom. The second-order valence-electron chi connectivity index (χ2n) is 7.29. The van der Waals surface area contributed by atoms with Gasteiger partial charge in [0.15, 0.2) is 5.89 Å². The Balaban J connectivity index is 2.07. The van der Waals surface area contributed by atoms with Gasteiger partial charge in [-0.1, -0.05) is 65.2 Å². The minimum atomic E-state index is 0.299. The first kappa shape index (κ1) is 17.8. The Bertz CT molecular complexity index is 812. The molecule has 134 valence electrons. The Labute approximate surface area is 151 Å². The fourth-order valence-electron chi connectivity index (χ4n) is 3.62. The molecule has 0 aliphatic rings. The van der Waals surface area contributed by atoms with E-state index in [1.165, 1.54) is 48.6 Å². The normalized spacial score (nSPS) is 13.0. The zero-order valence-electron chi connectivity index (χ0n) is 16.0. The summed E-state index contributed by atoms with van der Waals surface area (Å²) in [6.07, 6.45) is 10.4. The number of nitrogens with zero attached hydrogens (tertiary/aromatic N) is 2. The maximum absolute atomic E-state index is 6.03. The summed E-state index contributed by atoms with van der Waals surface area (Å²) in [5.74, 6) is 2.53. The van der Waals surface area contributed by atoms with E-state index in [2.05, 4.69) is 67.7 Å². The van der Waals surface area contributed by atoms with Crippen LogP contribution in [0.1, 0.15) is 83.1 Å². The number of oxazole rings is 1. The van der Waals surface area contributed by atoms with Crippen LogP contribution in [0.15, 0.2) is 41.1 Å². The SMILES string of the molecule is CCCCC(CCC)c1cn(-c2cnc(C(C)C)o2)c2ccccc12. The van der Waals surface area contributed by atoms with Gasteiger partial charge in [-0.3, -0.25) is 4.57 Å². The van der Waals surface area contributed by atoms with Gasteiger partial charge in [-0.2, -0.15) is 0 Å². The maximum Gasteiger partial charge on any atom is 0.224 e. The largest absolute Gasteiger partial charge is 0.424 e. The Kier molecular flexibility index (Phi) is 5.62. The standard InChI is InChI=1S/C22H30N2O/c1-5-7-11-17(10-6-2)19-15-24(20-13-9-8-12-18(19)20)21-14-23-22(25-21)16(3)4/h8-9,12-17H,5-7,10-11H2,1-4H3. The van der Waals surface area contributed by atoms with Crippen molar-refractivity contribution in [1.82, 2.24) is 9.55 Å². The highest BCUT2D eigenvalue weighted by Crippen LogP contribution is 2.35. The molecule has 0 radical (unpaired) electrons. The van der Waals surface area contributed by atoms with E-state index in [4.69, 9.17) is 4.42 Å². The summed E-state index contributed by atoms with van der Waals surface area (Å²) < 4.78 is 8.20. The molecular formula is C22H30N2O. The monoisotopic (exact) mass is 338 g/mol. The lowest BCUT2D eigenvalue weighted by Gasteiger charge is -2.15. The van der Waals surface area contributed by atoms with Crippen LogP contribution in [-0.4, -0.2) is 9.55 Å². The van der Waals surface area contributed by atoms with E-state index < -0.39 is 0 Å². The number of rotatable bonds is 8. The third-order valence-electron chi connectivity index (χ3n) is 4.97. The van der Waals surface area contributed by atoms with E-state index in [9.17, 15) is 0 Å². The van der Waals surface area contributed by atoms with Gasteiger partial charge in [0, 0.05) is 17.5 Å². The van der Waals surface area contributed by atoms with Crippen molar-refractivity contribution in [2.45, 2.75) is 71.6 Å². The average molecular weight is 338 g/mol. The summed E-state index contributed by atoms with van der Waals surface area (Å²) in [6.45, 7) is 8.77. The molecule has 3 aromatic rings. The van der Waals surface area contributed by atoms with Gasteiger partial charge in [0.05, 0.1) is 11.7 Å². The molecular weight excluding hydrogens is 308 g/mol. The van der Waals surface area contributed by atoms with Gasteiger partial charge in [-0.15, -0.1) is 0 Å². The number of benzene rings is 1. The van der Waals surface area contributed by atoms with Gasteiger partial charge < -0.3 is 4.42 Å². The van der Waals surface area contributed by atoms with Crippen molar-refractivity contribution >= 4 is 10.9 Å². The van der Waals surface area contributed by atoms with E-state index in [1.807, 2.05) is 6.20 Å². The quantitative estimate of drug-likeness (QED) is 0.451. The van der Waals surface area contributed by atoms with Gasteiger partial charge >= 0.3 is 0 Å². The molecule has 0 aliphatic heterocycles. The maximum atomic E-state index is 6.03. The summed E-state index contributed by atoms with van der Waals surface area (Å²) >= 11 is 0. The molecule has 0 saturated heterocycles. The lowest BCUT2D eigenvalue weighted by Crippen LogP contribution is -1.98. The van der Waals surface area contributed by atoms with Crippen molar-refractivity contribution in [3.63, 3.8) is 0 Å². The molecule has 0 aliphatic carbocycles. The second kappa shape index (κ2) is 7.90. The average Bonchev–Trinajstić information content (AvgIpc) is 3.23. The zero-order valence-corrected chi connectivity index (χ0v) is 16.0. The van der Waals surface area contributed by atoms with Crippen LogP contribution in [0.4, 0.5) is 0 Å². The molecule has 0 saturated carbocycles. The summed E-state index contributed by atoms with van der Waals surface area (Å²) in [6, 6.07) is 8.66. The van der Waals surface area contributed by atoms with E-state index in [0.29, 0.717) is 11.8 Å². The van der Waals surface area contributed by atoms with Crippen LogP contribution in [0.5, 0.6) is 0 Å². The first-order valence-electron chi connectivity index (χ1n) is 9.71. The smallest absolute Gasteiger partial charge is 0.224 e. The van der Waals surface area contributed by atoms with Crippen LogP contribution in [0, 0.1) is 0 Å². The molecule has 25 heavy (non-hydrogen) atoms.